The third-order valence-corrected chi connectivity index (χ3v) is 6.17. The van der Waals surface area contributed by atoms with E-state index in [0.717, 1.165) is 28.1 Å². The van der Waals surface area contributed by atoms with Gasteiger partial charge in [-0.25, -0.2) is 9.48 Å². The lowest BCUT2D eigenvalue weighted by atomic mass is 9.82. The Labute approximate surface area is 217 Å². The highest BCUT2D eigenvalue weighted by Crippen LogP contribution is 2.45. The number of fused-ring (bicyclic) bond motifs is 1. The van der Waals surface area contributed by atoms with Crippen molar-refractivity contribution in [3.63, 3.8) is 0 Å². The second kappa shape index (κ2) is 9.97. The van der Waals surface area contributed by atoms with Gasteiger partial charge in [-0.15, -0.1) is 0 Å². The monoisotopic (exact) mass is 493 g/mol. The number of carbonyl (C=O) groups is 1. The Hall–Kier alpha value is -4.32. The number of para-hydroxylation sites is 1. The molecular weight excluding hydrogens is 462 g/mol. The van der Waals surface area contributed by atoms with E-state index in [9.17, 15) is 4.79 Å². The van der Waals surface area contributed by atoms with Crippen LogP contribution in [0.15, 0.2) is 96.8 Å². The van der Waals surface area contributed by atoms with Crippen molar-refractivity contribution in [2.45, 2.75) is 45.3 Å². The maximum atomic E-state index is 13.1. The minimum Gasteiger partial charge on any atom is -0.444 e. The molecule has 5 rings (SSSR count). The van der Waals surface area contributed by atoms with Crippen LogP contribution in [0.3, 0.4) is 0 Å². The molecule has 0 bridgehead atoms. The zero-order chi connectivity index (χ0) is 26.0. The minimum absolute atomic E-state index is 0.245. The molecule has 0 saturated carbocycles. The third-order valence-electron chi connectivity index (χ3n) is 6.17. The maximum absolute atomic E-state index is 13.1. The van der Waals surface area contributed by atoms with Crippen molar-refractivity contribution in [1.29, 1.82) is 0 Å². The quantitative estimate of drug-likeness (QED) is 0.346. The van der Waals surface area contributed by atoms with Gasteiger partial charge < -0.3 is 14.8 Å². The molecule has 0 saturated heterocycles. The van der Waals surface area contributed by atoms with Gasteiger partial charge >= 0.3 is 6.09 Å². The average Bonchev–Trinajstić information content (AvgIpc) is 3.20. The number of alkyl carbamates (subject to hydrolysis) is 1. The summed E-state index contributed by atoms with van der Waals surface area (Å²) in [6.07, 6.45) is 1.47. The van der Waals surface area contributed by atoms with Crippen molar-refractivity contribution in [2.24, 2.45) is 0 Å². The molecule has 0 aliphatic carbocycles. The molecule has 4 aromatic rings. The summed E-state index contributed by atoms with van der Waals surface area (Å²) in [5, 5.41) is 7.99. The van der Waals surface area contributed by atoms with Crippen LogP contribution >= 0.6 is 0 Å². The average molecular weight is 494 g/mol. The first-order chi connectivity index (χ1) is 17.8. The number of benzene rings is 3. The number of nitrogens with one attached hydrogen (secondary N) is 1. The van der Waals surface area contributed by atoms with E-state index in [4.69, 9.17) is 14.6 Å². The summed E-state index contributed by atoms with van der Waals surface area (Å²) >= 11 is 0. The fraction of sp³-hybridized carbons (Fsp3) is 0.226. The molecule has 1 N–H and O–H groups in total. The van der Waals surface area contributed by atoms with Crippen molar-refractivity contribution in [2.75, 3.05) is 0 Å². The van der Waals surface area contributed by atoms with Crippen LogP contribution in [0.5, 0.6) is 5.88 Å². The lowest BCUT2D eigenvalue weighted by Gasteiger charge is -2.35. The molecule has 6 heteroatoms. The summed E-state index contributed by atoms with van der Waals surface area (Å²) in [7, 11) is 0. The van der Waals surface area contributed by atoms with Gasteiger partial charge in [0.05, 0.1) is 11.4 Å². The molecule has 1 aliphatic heterocycles. The highest BCUT2D eigenvalue weighted by atomic mass is 16.6. The van der Waals surface area contributed by atoms with Gasteiger partial charge in [0.25, 0.3) is 0 Å². The molecular formula is C31H31N3O3. The van der Waals surface area contributed by atoms with Crippen LogP contribution in [0, 0.1) is 6.92 Å². The summed E-state index contributed by atoms with van der Waals surface area (Å²) in [5.74, 6) is 1.00. The first-order valence-electron chi connectivity index (χ1n) is 12.4. The smallest absolute Gasteiger partial charge is 0.408 e. The minimum atomic E-state index is -0.634. The van der Waals surface area contributed by atoms with Gasteiger partial charge in [0.1, 0.15) is 17.4 Å². The van der Waals surface area contributed by atoms with Crippen molar-refractivity contribution in [3.8, 4) is 11.6 Å². The Morgan fingerprint density at radius 3 is 2.16 bits per heavy atom. The predicted octanol–water partition coefficient (Wildman–Crippen LogP) is 6.64. The lowest BCUT2D eigenvalue weighted by molar-refractivity contribution is 0.0494. The molecule has 188 valence electrons. The lowest BCUT2D eigenvalue weighted by Crippen LogP contribution is -2.46. The topological polar surface area (TPSA) is 65.4 Å². The van der Waals surface area contributed by atoms with Crippen LogP contribution < -0.4 is 10.1 Å². The van der Waals surface area contributed by atoms with Gasteiger partial charge in [-0.2, -0.15) is 5.10 Å². The maximum Gasteiger partial charge on any atom is 0.408 e. The van der Waals surface area contributed by atoms with Crippen molar-refractivity contribution in [3.05, 3.63) is 119 Å². The van der Waals surface area contributed by atoms with Gasteiger partial charge in [0, 0.05) is 11.5 Å². The summed E-state index contributed by atoms with van der Waals surface area (Å²) in [4.78, 5) is 13.1. The highest BCUT2D eigenvalue weighted by Gasteiger charge is 2.42. The zero-order valence-corrected chi connectivity index (χ0v) is 21.5. The number of amides is 1. The normalized spacial score (nSPS) is 18.1. The van der Waals surface area contributed by atoms with Crippen LogP contribution in [0.2, 0.25) is 0 Å². The van der Waals surface area contributed by atoms with E-state index in [1.807, 2.05) is 117 Å². The number of hydrogen-bond donors (Lipinski definition) is 1. The van der Waals surface area contributed by atoms with Gasteiger partial charge in [0.2, 0.25) is 5.88 Å². The molecule has 0 radical (unpaired) electrons. The standard InChI is InChI=1S/C31H31N3O3/c1-21-26-27(23-16-10-6-11-17-23)28(32-30(35)37-31(2,3)4)25(20-22-14-8-5-9-15-22)36-29(26)34(33-21)24-18-12-7-13-19-24/h5-20,27-28H,1-4H3,(H,32,35)/b25-20-/t27-,28-/m1/s1. The molecule has 2 heterocycles. The van der Waals surface area contributed by atoms with E-state index in [2.05, 4.69) is 17.4 Å². The molecule has 1 amide bonds. The largest absolute Gasteiger partial charge is 0.444 e. The summed E-state index contributed by atoms with van der Waals surface area (Å²) in [6.45, 7) is 7.54. The Bertz CT molecular complexity index is 1400. The first-order valence-corrected chi connectivity index (χ1v) is 12.4. The third kappa shape index (κ3) is 5.28. The summed E-state index contributed by atoms with van der Waals surface area (Å²) < 4.78 is 14.1. The van der Waals surface area contributed by atoms with E-state index in [0.29, 0.717) is 11.6 Å². The molecule has 1 aliphatic rings. The van der Waals surface area contributed by atoms with Gasteiger partial charge in [-0.3, -0.25) is 0 Å². The molecule has 3 aromatic carbocycles. The molecule has 2 atom stereocenters. The van der Waals surface area contributed by atoms with E-state index >= 15 is 0 Å². The number of rotatable bonds is 4. The van der Waals surface area contributed by atoms with Crippen molar-refractivity contribution in [1.82, 2.24) is 15.1 Å². The Kier molecular flexibility index (Phi) is 6.57. The Balaban J connectivity index is 1.70. The summed E-state index contributed by atoms with van der Waals surface area (Å²) in [5.41, 5.74) is 4.04. The van der Waals surface area contributed by atoms with Gasteiger partial charge in [-0.05, 0) is 57.0 Å². The molecule has 0 fully saturated rings. The van der Waals surface area contributed by atoms with E-state index in [1.165, 1.54) is 0 Å². The second-order valence-electron chi connectivity index (χ2n) is 10.1. The van der Waals surface area contributed by atoms with Crippen molar-refractivity contribution >= 4 is 12.2 Å². The molecule has 6 nitrogen and oxygen atoms in total. The van der Waals surface area contributed by atoms with Crippen molar-refractivity contribution < 1.29 is 14.3 Å². The fourth-order valence-electron chi connectivity index (χ4n) is 4.67. The first kappa shape index (κ1) is 24.4. The number of nitrogens with zero attached hydrogens (tertiary/aromatic N) is 2. The van der Waals surface area contributed by atoms with Gasteiger partial charge in [0.15, 0.2) is 0 Å². The number of hydrogen-bond acceptors (Lipinski definition) is 4. The number of carbonyl (C=O) groups excluding carboxylic acids is 1. The second-order valence-corrected chi connectivity index (χ2v) is 10.1. The van der Waals surface area contributed by atoms with Gasteiger partial charge in [-0.1, -0.05) is 78.9 Å². The van der Waals surface area contributed by atoms with E-state index < -0.39 is 17.7 Å². The Morgan fingerprint density at radius 1 is 0.946 bits per heavy atom. The van der Waals surface area contributed by atoms with E-state index in [-0.39, 0.29) is 5.92 Å². The predicted molar refractivity (Wildman–Crippen MR) is 145 cm³/mol. The van der Waals surface area contributed by atoms with E-state index in [1.54, 1.807) is 0 Å². The van der Waals surface area contributed by atoms with Crippen LogP contribution in [-0.2, 0) is 4.74 Å². The molecule has 0 unspecified atom stereocenters. The van der Waals surface area contributed by atoms with Crippen LogP contribution in [0.25, 0.3) is 11.8 Å². The highest BCUT2D eigenvalue weighted by molar-refractivity contribution is 5.71. The molecule has 37 heavy (non-hydrogen) atoms. The zero-order valence-electron chi connectivity index (χ0n) is 21.5. The SMILES string of the molecule is Cc1nn(-c2ccccc2)c2c1[C@@H](c1ccccc1)[C@H](NC(=O)OC(C)(C)C)/C(=C/c1ccccc1)O2. The molecule has 0 spiro atoms. The van der Waals surface area contributed by atoms with Crippen LogP contribution in [-0.4, -0.2) is 27.5 Å². The Morgan fingerprint density at radius 2 is 1.54 bits per heavy atom. The number of ether oxygens (including phenoxy) is 2. The molecule has 1 aromatic heterocycles. The van der Waals surface area contributed by atoms with Crippen LogP contribution in [0.4, 0.5) is 4.79 Å². The number of aryl methyl sites for hydroxylation is 1. The summed E-state index contributed by atoms with van der Waals surface area (Å²) in [6, 6.07) is 29.5. The van der Waals surface area contributed by atoms with Crippen LogP contribution in [0.1, 0.15) is 49.1 Å². The number of aromatic nitrogens is 2. The fourth-order valence-corrected chi connectivity index (χ4v) is 4.67.